The zero-order valence-corrected chi connectivity index (χ0v) is 14.1. The van der Waals surface area contributed by atoms with Crippen LogP contribution in [0.15, 0.2) is 73.1 Å². The Labute approximate surface area is 147 Å². The quantitative estimate of drug-likeness (QED) is 0.498. The fraction of sp³-hybridized carbons (Fsp3) is 0.143. The average Bonchev–Trinajstić information content (AvgIpc) is 3.13. The van der Waals surface area contributed by atoms with E-state index in [2.05, 4.69) is 17.1 Å². The van der Waals surface area contributed by atoms with Crippen LogP contribution in [0.25, 0.3) is 17.2 Å². The maximum absolute atomic E-state index is 11.9. The van der Waals surface area contributed by atoms with Gasteiger partial charge in [0.05, 0.1) is 0 Å². The smallest absolute Gasteiger partial charge is 0.331 e. The molecule has 0 fully saturated rings. The van der Waals surface area contributed by atoms with E-state index in [1.165, 1.54) is 11.6 Å². The van der Waals surface area contributed by atoms with Gasteiger partial charge in [-0.05, 0) is 29.7 Å². The number of rotatable bonds is 6. The summed E-state index contributed by atoms with van der Waals surface area (Å²) in [5.74, 6) is 0.365. The van der Waals surface area contributed by atoms with Crippen molar-refractivity contribution in [3.8, 4) is 11.1 Å². The molecule has 0 aliphatic carbocycles. The molecule has 0 aliphatic heterocycles. The van der Waals surface area contributed by atoms with Crippen molar-refractivity contribution in [2.75, 3.05) is 0 Å². The molecule has 3 aromatic rings. The lowest BCUT2D eigenvalue weighted by atomic mass is 10.0. The molecule has 3 rings (SSSR count). The molecule has 1 aromatic heterocycles. The van der Waals surface area contributed by atoms with E-state index in [0.29, 0.717) is 0 Å². The Balaban J connectivity index is 1.55. The van der Waals surface area contributed by atoms with Crippen LogP contribution >= 0.6 is 0 Å². The van der Waals surface area contributed by atoms with Gasteiger partial charge in [-0.15, -0.1) is 0 Å². The minimum absolute atomic E-state index is 0.250. The second kappa shape index (κ2) is 8.11. The maximum atomic E-state index is 11.9. The van der Waals surface area contributed by atoms with E-state index in [1.54, 1.807) is 12.3 Å². The molecular weight excluding hydrogens is 312 g/mol. The molecule has 0 atom stereocenters. The van der Waals surface area contributed by atoms with E-state index in [-0.39, 0.29) is 12.6 Å². The van der Waals surface area contributed by atoms with Crippen molar-refractivity contribution in [3.05, 3.63) is 84.5 Å². The summed E-state index contributed by atoms with van der Waals surface area (Å²) in [5.41, 5.74) is 3.26. The second-order valence-corrected chi connectivity index (χ2v) is 5.58. The molecule has 1 heterocycles. The number of esters is 1. The fourth-order valence-corrected chi connectivity index (χ4v) is 2.52. The van der Waals surface area contributed by atoms with Crippen LogP contribution < -0.4 is 0 Å². The number of nitrogens with zero attached hydrogens (tertiary/aromatic N) is 2. The van der Waals surface area contributed by atoms with Crippen molar-refractivity contribution in [2.45, 2.75) is 20.1 Å². The van der Waals surface area contributed by atoms with E-state index >= 15 is 0 Å². The lowest BCUT2D eigenvalue weighted by molar-refractivity contribution is -0.138. The van der Waals surface area contributed by atoms with Crippen molar-refractivity contribution in [3.63, 3.8) is 0 Å². The third-order valence-electron chi connectivity index (χ3n) is 3.90. The summed E-state index contributed by atoms with van der Waals surface area (Å²) in [4.78, 5) is 16.0. The van der Waals surface area contributed by atoms with Gasteiger partial charge in [0.2, 0.25) is 0 Å². The lowest BCUT2D eigenvalue weighted by Crippen LogP contribution is -2.01. The zero-order chi connectivity index (χ0) is 17.5. The highest BCUT2D eigenvalue weighted by atomic mass is 16.5. The Kier molecular flexibility index (Phi) is 5.42. The van der Waals surface area contributed by atoms with Gasteiger partial charge in [0, 0.05) is 25.0 Å². The molecule has 4 nitrogen and oxygen atoms in total. The number of hydrogen-bond acceptors (Lipinski definition) is 3. The van der Waals surface area contributed by atoms with Crippen LogP contribution in [0.1, 0.15) is 18.3 Å². The van der Waals surface area contributed by atoms with E-state index in [0.717, 1.165) is 23.5 Å². The van der Waals surface area contributed by atoms with E-state index in [1.807, 2.05) is 60.2 Å². The van der Waals surface area contributed by atoms with Crippen molar-refractivity contribution < 1.29 is 9.53 Å². The molecule has 0 unspecified atom stereocenters. The van der Waals surface area contributed by atoms with Gasteiger partial charge in [0.1, 0.15) is 12.4 Å². The Morgan fingerprint density at radius 3 is 2.52 bits per heavy atom. The van der Waals surface area contributed by atoms with E-state index in [4.69, 9.17) is 4.74 Å². The van der Waals surface area contributed by atoms with Gasteiger partial charge < -0.3 is 9.30 Å². The van der Waals surface area contributed by atoms with Gasteiger partial charge in [0.15, 0.2) is 0 Å². The Morgan fingerprint density at radius 1 is 1.08 bits per heavy atom. The second-order valence-electron chi connectivity index (χ2n) is 5.58. The van der Waals surface area contributed by atoms with E-state index in [9.17, 15) is 4.79 Å². The topological polar surface area (TPSA) is 44.1 Å². The van der Waals surface area contributed by atoms with Crippen LogP contribution in [0.5, 0.6) is 0 Å². The highest BCUT2D eigenvalue weighted by molar-refractivity contribution is 5.86. The largest absolute Gasteiger partial charge is 0.458 e. The first-order chi connectivity index (χ1) is 12.3. The van der Waals surface area contributed by atoms with Crippen LogP contribution in [-0.4, -0.2) is 15.5 Å². The number of benzene rings is 2. The third kappa shape index (κ3) is 4.44. The SMILES string of the molecule is CCn1ccnc1/C=C/C(=O)OCc1ccc(-c2ccccc2)cc1. The first-order valence-corrected chi connectivity index (χ1v) is 8.26. The molecule has 0 saturated heterocycles. The molecule has 25 heavy (non-hydrogen) atoms. The Hall–Kier alpha value is -3.14. The molecule has 126 valence electrons. The number of ether oxygens (including phenoxy) is 1. The van der Waals surface area contributed by atoms with Gasteiger partial charge in [-0.1, -0.05) is 54.6 Å². The van der Waals surface area contributed by atoms with Crippen LogP contribution in [-0.2, 0) is 22.7 Å². The number of hydrogen-bond donors (Lipinski definition) is 0. The van der Waals surface area contributed by atoms with Crippen LogP contribution in [0.2, 0.25) is 0 Å². The molecule has 0 bridgehead atoms. The number of carbonyl (C=O) groups is 1. The summed E-state index contributed by atoms with van der Waals surface area (Å²) >= 11 is 0. The molecule has 0 radical (unpaired) electrons. The minimum Gasteiger partial charge on any atom is -0.458 e. The summed E-state index contributed by atoms with van der Waals surface area (Å²) in [6, 6.07) is 18.2. The number of carbonyl (C=O) groups excluding carboxylic acids is 1. The molecule has 4 heteroatoms. The highest BCUT2D eigenvalue weighted by Gasteiger charge is 2.02. The minimum atomic E-state index is -0.377. The van der Waals surface area contributed by atoms with Crippen LogP contribution in [0, 0.1) is 0 Å². The first kappa shape index (κ1) is 16.7. The van der Waals surface area contributed by atoms with Crippen LogP contribution in [0.3, 0.4) is 0 Å². The fourth-order valence-electron chi connectivity index (χ4n) is 2.52. The first-order valence-electron chi connectivity index (χ1n) is 8.26. The number of aromatic nitrogens is 2. The average molecular weight is 332 g/mol. The highest BCUT2D eigenvalue weighted by Crippen LogP contribution is 2.19. The number of aryl methyl sites for hydroxylation is 1. The predicted octanol–water partition coefficient (Wildman–Crippen LogP) is 4.33. The Morgan fingerprint density at radius 2 is 1.80 bits per heavy atom. The van der Waals surface area contributed by atoms with Gasteiger partial charge in [-0.3, -0.25) is 0 Å². The summed E-state index contributed by atoms with van der Waals surface area (Å²) in [5, 5.41) is 0. The van der Waals surface area contributed by atoms with Crippen molar-refractivity contribution >= 4 is 12.0 Å². The third-order valence-corrected chi connectivity index (χ3v) is 3.90. The molecule has 0 N–H and O–H groups in total. The normalized spacial score (nSPS) is 10.9. The standard InChI is InChI=1S/C21H20N2O2/c1-2-23-15-14-22-20(23)12-13-21(24)25-16-17-8-10-19(11-9-17)18-6-4-3-5-7-18/h3-15H,2,16H2,1H3/b13-12+. The lowest BCUT2D eigenvalue weighted by Gasteiger charge is -2.05. The number of imidazole rings is 1. The van der Waals surface area contributed by atoms with Gasteiger partial charge in [0.25, 0.3) is 0 Å². The van der Waals surface area contributed by atoms with Gasteiger partial charge in [-0.25, -0.2) is 9.78 Å². The molecule has 0 aliphatic rings. The molecular formula is C21H20N2O2. The van der Waals surface area contributed by atoms with Crippen molar-refractivity contribution in [2.24, 2.45) is 0 Å². The van der Waals surface area contributed by atoms with E-state index < -0.39 is 0 Å². The van der Waals surface area contributed by atoms with Crippen LogP contribution in [0.4, 0.5) is 0 Å². The molecule has 0 amide bonds. The maximum Gasteiger partial charge on any atom is 0.331 e. The zero-order valence-electron chi connectivity index (χ0n) is 14.1. The monoisotopic (exact) mass is 332 g/mol. The summed E-state index contributed by atoms with van der Waals surface area (Å²) in [6.45, 7) is 3.08. The molecule has 2 aromatic carbocycles. The van der Waals surface area contributed by atoms with Gasteiger partial charge >= 0.3 is 5.97 Å². The summed E-state index contributed by atoms with van der Waals surface area (Å²) < 4.78 is 7.23. The summed E-state index contributed by atoms with van der Waals surface area (Å²) in [7, 11) is 0. The van der Waals surface area contributed by atoms with Crippen molar-refractivity contribution in [1.82, 2.24) is 9.55 Å². The summed E-state index contributed by atoms with van der Waals surface area (Å²) in [6.07, 6.45) is 6.67. The molecule has 0 spiro atoms. The predicted molar refractivity (Wildman–Crippen MR) is 98.6 cm³/mol. The Bertz CT molecular complexity index is 849. The van der Waals surface area contributed by atoms with Gasteiger partial charge in [-0.2, -0.15) is 0 Å². The van der Waals surface area contributed by atoms with Crippen molar-refractivity contribution in [1.29, 1.82) is 0 Å². The molecule has 0 saturated carbocycles.